The van der Waals surface area contributed by atoms with E-state index in [9.17, 15) is 22.8 Å². The van der Waals surface area contributed by atoms with Crippen LogP contribution < -0.4 is 5.32 Å². The number of carbonyl (C=O) groups is 2. The van der Waals surface area contributed by atoms with Crippen molar-refractivity contribution in [3.8, 4) is 0 Å². The minimum atomic E-state index is -4.30. The zero-order valence-corrected chi connectivity index (χ0v) is 16.4. The zero-order chi connectivity index (χ0) is 21.0. The summed E-state index contributed by atoms with van der Waals surface area (Å²) in [6.45, 7) is 1.42. The molecule has 0 saturated heterocycles. The van der Waals surface area contributed by atoms with Crippen molar-refractivity contribution in [3.63, 3.8) is 0 Å². The number of rotatable bonds is 5. The lowest BCUT2D eigenvalue weighted by atomic mass is 9.93. The van der Waals surface area contributed by atoms with Crippen molar-refractivity contribution in [2.75, 3.05) is 11.1 Å². The summed E-state index contributed by atoms with van der Waals surface area (Å²) < 4.78 is 37.7. The fourth-order valence-electron chi connectivity index (χ4n) is 3.15. The lowest BCUT2D eigenvalue weighted by Crippen LogP contribution is -2.33. The first-order valence-corrected chi connectivity index (χ1v) is 9.87. The summed E-state index contributed by atoms with van der Waals surface area (Å²) in [5.74, 6) is -1.63. The van der Waals surface area contributed by atoms with Crippen LogP contribution in [0, 0.1) is 0 Å². The van der Waals surface area contributed by atoms with Crippen LogP contribution in [0.1, 0.15) is 30.5 Å². The van der Waals surface area contributed by atoms with Gasteiger partial charge in [0.1, 0.15) is 0 Å². The van der Waals surface area contributed by atoms with Gasteiger partial charge in [0.2, 0.25) is 11.8 Å². The smallest absolute Gasteiger partial charge is 0.325 e. The molecule has 0 fully saturated rings. The molecule has 0 saturated carbocycles. The number of anilines is 1. The summed E-state index contributed by atoms with van der Waals surface area (Å²) in [5.41, 5.74) is 2.09. The first-order chi connectivity index (χ1) is 13.7. The van der Waals surface area contributed by atoms with E-state index >= 15 is 0 Å². The monoisotopic (exact) mass is 420 g/mol. The average Bonchev–Trinajstić information content (AvgIpc) is 2.66. The van der Waals surface area contributed by atoms with Crippen LogP contribution in [0.5, 0.6) is 0 Å². The molecule has 1 aliphatic rings. The second-order valence-electron chi connectivity index (χ2n) is 6.54. The molecular formula is C21H19F3N2O2S. The third kappa shape index (κ3) is 5.41. The Morgan fingerprint density at radius 2 is 1.79 bits per heavy atom. The topological polar surface area (TPSA) is 49.4 Å². The third-order valence-electron chi connectivity index (χ3n) is 4.40. The molecular weight excluding hydrogens is 401 g/mol. The fourth-order valence-corrected chi connectivity index (χ4v) is 3.91. The number of hydrogen-bond donors (Lipinski definition) is 1. The molecule has 4 nitrogen and oxygen atoms in total. The number of alkyl halides is 3. The minimum absolute atomic E-state index is 0.0147. The fraction of sp³-hybridized carbons (Fsp3) is 0.238. The van der Waals surface area contributed by atoms with Gasteiger partial charge in [-0.3, -0.25) is 9.59 Å². The summed E-state index contributed by atoms with van der Waals surface area (Å²) in [7, 11) is 0. The van der Waals surface area contributed by atoms with Crippen molar-refractivity contribution in [2.24, 2.45) is 0 Å². The van der Waals surface area contributed by atoms with Crippen molar-refractivity contribution < 1.29 is 22.8 Å². The summed E-state index contributed by atoms with van der Waals surface area (Å²) >= 11 is 0.621. The van der Waals surface area contributed by atoms with Crippen LogP contribution in [-0.2, 0) is 9.59 Å². The van der Waals surface area contributed by atoms with Gasteiger partial charge in [-0.05, 0) is 29.3 Å². The van der Waals surface area contributed by atoms with Gasteiger partial charge in [0.05, 0.1) is 23.9 Å². The molecule has 1 aliphatic heterocycles. The standard InChI is InChI=1S/C21H19F3N2O2S/c1-14(27)26-11-10-15-6-2-3-7-16(15)18(26)12-20(28)25-17-8-4-5-9-19(17)29-13-21(22,23)24/h2-11,18H,12-13H2,1H3,(H,25,28). The number of carbonyl (C=O) groups excluding carboxylic acids is 2. The number of nitrogens with zero attached hydrogens (tertiary/aromatic N) is 1. The van der Waals surface area contributed by atoms with E-state index < -0.39 is 18.0 Å². The molecule has 8 heteroatoms. The van der Waals surface area contributed by atoms with Gasteiger partial charge in [0.15, 0.2) is 0 Å². The van der Waals surface area contributed by atoms with Crippen molar-refractivity contribution in [1.82, 2.24) is 4.90 Å². The Morgan fingerprint density at radius 3 is 2.52 bits per heavy atom. The van der Waals surface area contributed by atoms with Gasteiger partial charge >= 0.3 is 6.18 Å². The van der Waals surface area contributed by atoms with Crippen LogP contribution in [0.25, 0.3) is 6.08 Å². The number of thioether (sulfide) groups is 1. The maximum Gasteiger partial charge on any atom is 0.398 e. The Balaban J connectivity index is 1.77. The van der Waals surface area contributed by atoms with E-state index in [-0.39, 0.29) is 18.2 Å². The summed E-state index contributed by atoms with van der Waals surface area (Å²) in [5, 5.41) is 2.70. The Morgan fingerprint density at radius 1 is 1.10 bits per heavy atom. The highest BCUT2D eigenvalue weighted by molar-refractivity contribution is 7.99. The molecule has 29 heavy (non-hydrogen) atoms. The number of fused-ring (bicyclic) bond motifs is 1. The first kappa shape index (κ1) is 21.0. The molecule has 0 aliphatic carbocycles. The SMILES string of the molecule is CC(=O)N1C=Cc2ccccc2C1CC(=O)Nc1ccccc1SCC(F)(F)F. The van der Waals surface area contributed by atoms with Gasteiger partial charge in [-0.1, -0.05) is 36.4 Å². The number of para-hydroxylation sites is 1. The molecule has 1 unspecified atom stereocenters. The Kier molecular flexibility index (Phi) is 6.32. The zero-order valence-electron chi connectivity index (χ0n) is 15.6. The molecule has 2 amide bonds. The second kappa shape index (κ2) is 8.73. The van der Waals surface area contributed by atoms with Gasteiger partial charge in [0, 0.05) is 18.0 Å². The highest BCUT2D eigenvalue weighted by Crippen LogP contribution is 2.35. The molecule has 0 bridgehead atoms. The van der Waals surface area contributed by atoms with Crippen LogP contribution >= 0.6 is 11.8 Å². The van der Waals surface area contributed by atoms with Gasteiger partial charge < -0.3 is 10.2 Å². The molecule has 1 N–H and O–H groups in total. The van der Waals surface area contributed by atoms with Crippen LogP contribution in [0.4, 0.5) is 18.9 Å². The van der Waals surface area contributed by atoms with E-state index in [1.807, 2.05) is 30.3 Å². The molecule has 2 aromatic carbocycles. The highest BCUT2D eigenvalue weighted by Gasteiger charge is 2.29. The quantitative estimate of drug-likeness (QED) is 0.673. The van der Waals surface area contributed by atoms with E-state index in [2.05, 4.69) is 5.32 Å². The van der Waals surface area contributed by atoms with E-state index in [0.29, 0.717) is 22.3 Å². The van der Waals surface area contributed by atoms with Crippen LogP contribution in [0.15, 0.2) is 59.6 Å². The highest BCUT2D eigenvalue weighted by atomic mass is 32.2. The predicted molar refractivity (Wildman–Crippen MR) is 107 cm³/mol. The predicted octanol–water partition coefficient (Wildman–Crippen LogP) is 5.24. The molecule has 152 valence electrons. The van der Waals surface area contributed by atoms with Crippen LogP contribution in [-0.4, -0.2) is 28.6 Å². The normalized spacial score (nSPS) is 15.7. The van der Waals surface area contributed by atoms with E-state index in [1.165, 1.54) is 17.9 Å². The lowest BCUT2D eigenvalue weighted by Gasteiger charge is -2.32. The largest absolute Gasteiger partial charge is 0.398 e. The van der Waals surface area contributed by atoms with Crippen molar-refractivity contribution in [3.05, 3.63) is 65.9 Å². The lowest BCUT2D eigenvalue weighted by molar-refractivity contribution is -0.129. The van der Waals surface area contributed by atoms with Crippen LogP contribution in [0.3, 0.4) is 0 Å². The average molecular weight is 420 g/mol. The maximum absolute atomic E-state index is 12.7. The summed E-state index contributed by atoms with van der Waals surface area (Å²) in [6.07, 6.45) is -0.856. The maximum atomic E-state index is 12.7. The number of benzene rings is 2. The number of nitrogens with one attached hydrogen (secondary N) is 1. The molecule has 2 aromatic rings. The van der Waals surface area contributed by atoms with Gasteiger partial charge in [-0.15, -0.1) is 11.8 Å². The number of halogens is 3. The minimum Gasteiger partial charge on any atom is -0.325 e. The summed E-state index contributed by atoms with van der Waals surface area (Å²) in [6, 6.07) is 13.4. The second-order valence-corrected chi connectivity index (χ2v) is 7.56. The van der Waals surface area contributed by atoms with Gasteiger partial charge in [0.25, 0.3) is 0 Å². The summed E-state index contributed by atoms with van der Waals surface area (Å²) in [4.78, 5) is 26.6. The Labute approximate surface area is 170 Å². The number of amides is 2. The molecule has 1 atom stereocenters. The van der Waals surface area contributed by atoms with Crippen molar-refractivity contribution in [2.45, 2.75) is 30.5 Å². The van der Waals surface area contributed by atoms with E-state index in [1.54, 1.807) is 24.4 Å². The van der Waals surface area contributed by atoms with E-state index in [0.717, 1.165) is 11.1 Å². The van der Waals surface area contributed by atoms with Gasteiger partial charge in [-0.2, -0.15) is 13.2 Å². The van der Waals surface area contributed by atoms with Gasteiger partial charge in [-0.25, -0.2) is 0 Å². The van der Waals surface area contributed by atoms with Crippen molar-refractivity contribution >= 4 is 35.3 Å². The molecule has 1 heterocycles. The molecule has 0 spiro atoms. The van der Waals surface area contributed by atoms with Crippen LogP contribution in [0.2, 0.25) is 0 Å². The molecule has 3 rings (SSSR count). The van der Waals surface area contributed by atoms with Crippen molar-refractivity contribution in [1.29, 1.82) is 0 Å². The van der Waals surface area contributed by atoms with E-state index in [4.69, 9.17) is 0 Å². The third-order valence-corrected chi connectivity index (χ3v) is 5.54. The first-order valence-electron chi connectivity index (χ1n) is 8.89. The Bertz CT molecular complexity index is 944. The molecule has 0 aromatic heterocycles. The Hall–Kier alpha value is -2.74. The molecule has 0 radical (unpaired) electrons. The number of hydrogen-bond acceptors (Lipinski definition) is 3.